The molecular formula is C19H18NP. The van der Waals surface area contributed by atoms with Crippen molar-refractivity contribution in [3.63, 3.8) is 0 Å². The lowest BCUT2D eigenvalue weighted by molar-refractivity contribution is 0.531. The van der Waals surface area contributed by atoms with Gasteiger partial charge in [0.05, 0.1) is 0 Å². The first-order chi connectivity index (χ1) is 10.4. The molecule has 104 valence electrons. The van der Waals surface area contributed by atoms with E-state index in [1.54, 1.807) is 0 Å². The largest absolute Gasteiger partial charge is 0.296 e. The van der Waals surface area contributed by atoms with Gasteiger partial charge in [0, 0.05) is 17.9 Å². The fraction of sp³-hybridized carbons (Fsp3) is 0.158. The zero-order chi connectivity index (χ0) is 14.2. The Bertz CT molecular complexity index is 670. The summed E-state index contributed by atoms with van der Waals surface area (Å²) in [5.41, 5.74) is 5.55. The van der Waals surface area contributed by atoms with E-state index in [1.165, 1.54) is 22.3 Å². The smallest absolute Gasteiger partial charge is 0.0306 e. The van der Waals surface area contributed by atoms with Crippen LogP contribution < -0.4 is 5.09 Å². The summed E-state index contributed by atoms with van der Waals surface area (Å²) in [6, 6.07) is 17.7. The molecule has 2 aliphatic rings. The van der Waals surface area contributed by atoms with Gasteiger partial charge in [-0.2, -0.15) is 0 Å². The van der Waals surface area contributed by atoms with E-state index >= 15 is 0 Å². The molecule has 2 aliphatic carbocycles. The Hall–Kier alpha value is -1.69. The summed E-state index contributed by atoms with van der Waals surface area (Å²) in [6.45, 7) is 0. The maximum Gasteiger partial charge on any atom is 0.0306 e. The predicted molar refractivity (Wildman–Crippen MR) is 93.1 cm³/mol. The van der Waals surface area contributed by atoms with Crippen LogP contribution in [0.4, 0.5) is 0 Å². The SMILES string of the molecule is PNC(C1C=Cc2ccccc21)C1C=Cc2ccccc21. The third kappa shape index (κ3) is 2.09. The van der Waals surface area contributed by atoms with Gasteiger partial charge < -0.3 is 0 Å². The average Bonchev–Trinajstić information content (AvgIpc) is 3.14. The van der Waals surface area contributed by atoms with Gasteiger partial charge in [0.25, 0.3) is 0 Å². The molecular weight excluding hydrogens is 273 g/mol. The highest BCUT2D eigenvalue weighted by atomic mass is 31.0. The summed E-state index contributed by atoms with van der Waals surface area (Å²) in [7, 11) is 2.72. The minimum atomic E-state index is 0.356. The standard InChI is InChI=1S/C19H18NP/c21-20-19(17-11-9-13-5-1-3-7-15(13)17)18-12-10-14-6-2-4-8-16(14)18/h1-12,17-20H,21H2. The fourth-order valence-corrected chi connectivity index (χ4v) is 4.03. The molecule has 3 unspecified atom stereocenters. The molecule has 2 aromatic carbocycles. The van der Waals surface area contributed by atoms with Gasteiger partial charge in [-0.1, -0.05) is 82.2 Å². The molecule has 4 rings (SSSR count). The number of hydrogen-bond acceptors (Lipinski definition) is 1. The van der Waals surface area contributed by atoms with E-state index in [4.69, 9.17) is 0 Å². The van der Waals surface area contributed by atoms with Crippen molar-refractivity contribution in [3.8, 4) is 0 Å². The third-order valence-electron chi connectivity index (χ3n) is 4.64. The van der Waals surface area contributed by atoms with E-state index in [2.05, 4.69) is 87.3 Å². The van der Waals surface area contributed by atoms with Crippen molar-refractivity contribution in [2.75, 3.05) is 0 Å². The first-order valence-electron chi connectivity index (χ1n) is 7.39. The Morgan fingerprint density at radius 3 is 1.71 bits per heavy atom. The summed E-state index contributed by atoms with van der Waals surface area (Å²) in [5, 5.41) is 3.48. The summed E-state index contributed by atoms with van der Waals surface area (Å²) in [5.74, 6) is 0.832. The molecule has 1 N–H and O–H groups in total. The Balaban J connectivity index is 1.72. The quantitative estimate of drug-likeness (QED) is 0.829. The van der Waals surface area contributed by atoms with Gasteiger partial charge in [-0.05, 0) is 22.3 Å². The van der Waals surface area contributed by atoms with Crippen LogP contribution in [0.3, 0.4) is 0 Å². The Labute approximate surface area is 128 Å². The van der Waals surface area contributed by atoms with Gasteiger partial charge in [0.2, 0.25) is 0 Å². The molecule has 0 fully saturated rings. The lowest BCUT2D eigenvalue weighted by Crippen LogP contribution is -2.32. The van der Waals surface area contributed by atoms with Gasteiger partial charge >= 0.3 is 0 Å². The van der Waals surface area contributed by atoms with E-state index in [-0.39, 0.29) is 0 Å². The molecule has 0 saturated carbocycles. The van der Waals surface area contributed by atoms with E-state index < -0.39 is 0 Å². The molecule has 0 spiro atoms. The lowest BCUT2D eigenvalue weighted by Gasteiger charge is -2.29. The maximum absolute atomic E-state index is 3.48. The van der Waals surface area contributed by atoms with E-state index in [9.17, 15) is 0 Å². The average molecular weight is 291 g/mol. The van der Waals surface area contributed by atoms with Crippen LogP contribution in [0, 0.1) is 0 Å². The molecule has 2 heteroatoms. The minimum absolute atomic E-state index is 0.356. The predicted octanol–water partition coefficient (Wildman–Crippen LogP) is 4.36. The van der Waals surface area contributed by atoms with Gasteiger partial charge in [-0.15, -0.1) is 0 Å². The van der Waals surface area contributed by atoms with Crippen LogP contribution in [0.1, 0.15) is 34.1 Å². The van der Waals surface area contributed by atoms with E-state index in [0.717, 1.165) is 0 Å². The molecule has 3 atom stereocenters. The molecule has 0 amide bonds. The Kier molecular flexibility index (Phi) is 3.25. The Morgan fingerprint density at radius 2 is 1.24 bits per heavy atom. The van der Waals surface area contributed by atoms with Crippen LogP contribution in [-0.2, 0) is 0 Å². The van der Waals surface area contributed by atoms with Crippen molar-refractivity contribution in [1.82, 2.24) is 5.09 Å². The molecule has 2 aromatic rings. The van der Waals surface area contributed by atoms with Gasteiger partial charge in [0.1, 0.15) is 0 Å². The first-order valence-corrected chi connectivity index (χ1v) is 7.96. The van der Waals surface area contributed by atoms with Crippen LogP contribution >= 0.6 is 9.39 Å². The van der Waals surface area contributed by atoms with Gasteiger partial charge in [0.15, 0.2) is 0 Å². The minimum Gasteiger partial charge on any atom is -0.296 e. The highest BCUT2D eigenvalue weighted by molar-refractivity contribution is 7.13. The summed E-state index contributed by atoms with van der Waals surface area (Å²) in [4.78, 5) is 0. The fourth-order valence-electron chi connectivity index (χ4n) is 3.61. The molecule has 1 nitrogen and oxygen atoms in total. The molecule has 0 aromatic heterocycles. The number of fused-ring (bicyclic) bond motifs is 2. The van der Waals surface area contributed by atoms with Crippen molar-refractivity contribution >= 4 is 21.5 Å². The first kappa shape index (κ1) is 13.0. The molecule has 0 heterocycles. The second-order valence-corrected chi connectivity index (χ2v) is 6.05. The van der Waals surface area contributed by atoms with Crippen molar-refractivity contribution in [2.45, 2.75) is 17.9 Å². The number of nitrogens with one attached hydrogen (secondary N) is 1. The molecule has 0 aliphatic heterocycles. The van der Waals surface area contributed by atoms with Crippen LogP contribution in [0.15, 0.2) is 60.7 Å². The monoisotopic (exact) mass is 291 g/mol. The maximum atomic E-state index is 3.48. The zero-order valence-electron chi connectivity index (χ0n) is 11.7. The lowest BCUT2D eigenvalue weighted by atomic mass is 9.83. The topological polar surface area (TPSA) is 12.0 Å². The summed E-state index contributed by atoms with van der Waals surface area (Å²) in [6.07, 6.45) is 9.17. The van der Waals surface area contributed by atoms with Crippen molar-refractivity contribution in [1.29, 1.82) is 0 Å². The highest BCUT2D eigenvalue weighted by Gasteiger charge is 2.33. The molecule has 0 bridgehead atoms. The Morgan fingerprint density at radius 1 is 0.762 bits per heavy atom. The van der Waals surface area contributed by atoms with Crippen LogP contribution in [0.2, 0.25) is 0 Å². The third-order valence-corrected chi connectivity index (χ3v) is 5.03. The molecule has 0 radical (unpaired) electrons. The normalized spacial score (nSPS) is 23.1. The number of rotatable bonds is 3. The summed E-state index contributed by atoms with van der Waals surface area (Å²) < 4.78 is 0. The van der Waals surface area contributed by atoms with Gasteiger partial charge in [-0.25, -0.2) is 0 Å². The second kappa shape index (κ2) is 5.26. The number of hydrogen-bond donors (Lipinski definition) is 1. The van der Waals surface area contributed by atoms with Crippen molar-refractivity contribution < 1.29 is 0 Å². The van der Waals surface area contributed by atoms with E-state index in [1.807, 2.05) is 0 Å². The highest BCUT2D eigenvalue weighted by Crippen LogP contribution is 2.41. The van der Waals surface area contributed by atoms with Crippen LogP contribution in [-0.4, -0.2) is 6.04 Å². The molecule has 21 heavy (non-hydrogen) atoms. The second-order valence-electron chi connectivity index (χ2n) is 5.72. The van der Waals surface area contributed by atoms with Crippen LogP contribution in [0.5, 0.6) is 0 Å². The van der Waals surface area contributed by atoms with Crippen LogP contribution in [0.25, 0.3) is 12.2 Å². The zero-order valence-corrected chi connectivity index (χ0v) is 12.9. The number of benzene rings is 2. The summed E-state index contributed by atoms with van der Waals surface area (Å²) >= 11 is 0. The molecule has 0 saturated heterocycles. The van der Waals surface area contributed by atoms with Crippen molar-refractivity contribution in [2.24, 2.45) is 0 Å². The van der Waals surface area contributed by atoms with Crippen molar-refractivity contribution in [3.05, 3.63) is 82.9 Å². The van der Waals surface area contributed by atoms with E-state index in [0.29, 0.717) is 17.9 Å². The van der Waals surface area contributed by atoms with Gasteiger partial charge in [-0.3, -0.25) is 5.09 Å².